The van der Waals surface area contributed by atoms with E-state index in [4.69, 9.17) is 35.7 Å². The van der Waals surface area contributed by atoms with Crippen molar-refractivity contribution in [2.24, 2.45) is 0 Å². The number of benzene rings is 3. The Labute approximate surface area is 258 Å². The number of nitrogens with one attached hydrogen (secondary N) is 1. The molecule has 44 heavy (non-hydrogen) atoms. The van der Waals surface area contributed by atoms with E-state index in [-0.39, 0.29) is 47.4 Å². The zero-order valence-corrected chi connectivity index (χ0v) is 25.1. The van der Waals surface area contributed by atoms with Gasteiger partial charge in [-0.2, -0.15) is 0 Å². The molecule has 12 heteroatoms. The molecule has 1 fully saturated rings. The molecule has 2 N–H and O–H groups in total. The monoisotopic (exact) mass is 622 g/mol. The first-order chi connectivity index (χ1) is 21.1. The summed E-state index contributed by atoms with van der Waals surface area (Å²) in [5.74, 6) is -1.19. The molecule has 0 aromatic heterocycles. The number of carboxylic acid groups (broad SMARTS) is 1. The largest absolute Gasteiger partial charge is 0.493 e. The number of carbonyl (C=O) groups is 4. The van der Waals surface area contributed by atoms with Crippen LogP contribution in [0.1, 0.15) is 47.3 Å². The van der Waals surface area contributed by atoms with Gasteiger partial charge in [-0.1, -0.05) is 36.7 Å². The van der Waals surface area contributed by atoms with Crippen LogP contribution in [0.25, 0.3) is 6.08 Å². The third kappa shape index (κ3) is 7.48. The lowest BCUT2D eigenvalue weighted by Crippen LogP contribution is -2.53. The fourth-order valence-corrected chi connectivity index (χ4v) is 4.58. The minimum absolute atomic E-state index is 0.0780. The number of rotatable bonds is 13. The molecule has 1 saturated heterocycles. The van der Waals surface area contributed by atoms with Crippen LogP contribution in [0.5, 0.6) is 23.0 Å². The molecule has 4 rings (SSSR count). The highest BCUT2D eigenvalue weighted by Crippen LogP contribution is 2.38. The minimum atomic E-state index is -1.03. The molecule has 0 saturated carbocycles. The van der Waals surface area contributed by atoms with Gasteiger partial charge in [0, 0.05) is 0 Å². The lowest BCUT2D eigenvalue weighted by molar-refractivity contribution is -0.130. The number of barbiturate groups is 1. The molecule has 0 radical (unpaired) electrons. The lowest BCUT2D eigenvalue weighted by atomic mass is 10.1. The number of amides is 4. The van der Waals surface area contributed by atoms with Gasteiger partial charge in [0.25, 0.3) is 11.8 Å². The van der Waals surface area contributed by atoms with Crippen molar-refractivity contribution in [2.45, 2.75) is 33.4 Å². The van der Waals surface area contributed by atoms with Gasteiger partial charge in [0.15, 0.2) is 23.0 Å². The molecule has 1 heterocycles. The topological polar surface area (TPSA) is 141 Å². The molecule has 0 atom stereocenters. The second-order valence-electron chi connectivity index (χ2n) is 9.60. The van der Waals surface area contributed by atoms with Gasteiger partial charge in [0.1, 0.15) is 12.2 Å². The van der Waals surface area contributed by atoms with Gasteiger partial charge in [-0.25, -0.2) is 9.59 Å². The first-order valence-electron chi connectivity index (χ1n) is 13.7. The molecule has 230 valence electrons. The van der Waals surface area contributed by atoms with Crippen molar-refractivity contribution in [3.05, 3.63) is 87.4 Å². The van der Waals surface area contributed by atoms with Gasteiger partial charge < -0.3 is 24.1 Å². The van der Waals surface area contributed by atoms with Crippen LogP contribution in [0.15, 0.2) is 60.2 Å². The molecule has 3 aromatic rings. The fourth-order valence-electron chi connectivity index (χ4n) is 4.30. The van der Waals surface area contributed by atoms with Crippen molar-refractivity contribution in [3.8, 4) is 23.0 Å². The third-order valence-electron chi connectivity index (χ3n) is 6.44. The highest BCUT2D eigenvalue weighted by Gasteiger charge is 2.36. The Morgan fingerprint density at radius 3 is 2.32 bits per heavy atom. The van der Waals surface area contributed by atoms with E-state index in [1.54, 1.807) is 43.3 Å². The van der Waals surface area contributed by atoms with Crippen LogP contribution < -0.4 is 24.3 Å². The minimum Gasteiger partial charge on any atom is -0.493 e. The van der Waals surface area contributed by atoms with Gasteiger partial charge in [0.05, 0.1) is 37.5 Å². The number of carbonyl (C=O) groups excluding carboxylic acids is 3. The summed E-state index contributed by atoms with van der Waals surface area (Å²) in [4.78, 5) is 50.8. The Balaban J connectivity index is 1.57. The van der Waals surface area contributed by atoms with Gasteiger partial charge >= 0.3 is 12.0 Å². The molecule has 3 aromatic carbocycles. The average molecular weight is 623 g/mol. The van der Waals surface area contributed by atoms with Gasteiger partial charge in [0.2, 0.25) is 0 Å². The molecule has 1 aliphatic heterocycles. The van der Waals surface area contributed by atoms with E-state index < -0.39 is 23.8 Å². The van der Waals surface area contributed by atoms with Crippen LogP contribution in [0.3, 0.4) is 0 Å². The number of halogens is 1. The summed E-state index contributed by atoms with van der Waals surface area (Å²) in [6.07, 6.45) is 2.14. The van der Waals surface area contributed by atoms with Crippen LogP contribution in [0, 0.1) is 0 Å². The Morgan fingerprint density at radius 1 is 0.932 bits per heavy atom. The average Bonchev–Trinajstić information content (AvgIpc) is 3.00. The van der Waals surface area contributed by atoms with E-state index >= 15 is 0 Å². The van der Waals surface area contributed by atoms with Gasteiger partial charge in [-0.15, -0.1) is 0 Å². The number of urea groups is 1. The number of carboxylic acids is 1. The van der Waals surface area contributed by atoms with Crippen molar-refractivity contribution >= 4 is 41.5 Å². The van der Waals surface area contributed by atoms with Crippen molar-refractivity contribution in [2.75, 3.05) is 20.3 Å². The van der Waals surface area contributed by atoms with Gasteiger partial charge in [-0.05, 0) is 72.5 Å². The number of methoxy groups -OCH3 is 1. The summed E-state index contributed by atoms with van der Waals surface area (Å²) in [6.45, 7) is 4.48. The standard InChI is InChI=1S/C32H31ClN2O9/c1-4-12-43-25-11-8-20(15-26(25)41-3)17-35-30(37)23(29(36)34-32(35)40)13-21-14-24(33)28(27(16-21)42-5-2)44-18-19-6-9-22(10-7-19)31(38)39/h6-11,13-16H,4-5,12,17-18H2,1-3H3,(H,38,39)(H,34,36,40)/b23-13+. The van der Waals surface area contributed by atoms with Crippen LogP contribution >= 0.6 is 11.6 Å². The summed E-state index contributed by atoms with van der Waals surface area (Å²) in [6, 6.07) is 13.5. The number of hydrogen-bond donors (Lipinski definition) is 2. The summed E-state index contributed by atoms with van der Waals surface area (Å²) in [7, 11) is 1.49. The Kier molecular flexibility index (Phi) is 10.5. The Morgan fingerprint density at radius 2 is 1.66 bits per heavy atom. The van der Waals surface area contributed by atoms with E-state index in [1.807, 2.05) is 6.92 Å². The highest BCUT2D eigenvalue weighted by atomic mass is 35.5. The van der Waals surface area contributed by atoms with Crippen LogP contribution in [-0.4, -0.2) is 54.1 Å². The molecule has 0 unspecified atom stereocenters. The van der Waals surface area contributed by atoms with Crippen molar-refractivity contribution in [1.82, 2.24) is 10.2 Å². The predicted molar refractivity (Wildman–Crippen MR) is 161 cm³/mol. The molecule has 4 amide bonds. The molecule has 0 aliphatic carbocycles. The Bertz CT molecular complexity index is 1600. The van der Waals surface area contributed by atoms with E-state index in [2.05, 4.69) is 5.32 Å². The van der Waals surface area contributed by atoms with Crippen LogP contribution in [-0.2, 0) is 22.7 Å². The lowest BCUT2D eigenvalue weighted by Gasteiger charge is -2.26. The predicted octanol–water partition coefficient (Wildman–Crippen LogP) is 5.48. The number of ether oxygens (including phenoxy) is 4. The van der Waals surface area contributed by atoms with Gasteiger partial charge in [-0.3, -0.25) is 19.8 Å². The molecule has 11 nitrogen and oxygen atoms in total. The van der Waals surface area contributed by atoms with Crippen molar-refractivity contribution in [1.29, 1.82) is 0 Å². The van der Waals surface area contributed by atoms with Crippen LogP contribution in [0.2, 0.25) is 5.02 Å². The first-order valence-corrected chi connectivity index (χ1v) is 14.1. The zero-order chi connectivity index (χ0) is 31.8. The summed E-state index contributed by atoms with van der Waals surface area (Å²) in [5.41, 5.74) is 1.53. The number of imide groups is 2. The van der Waals surface area contributed by atoms with E-state index in [0.717, 1.165) is 11.3 Å². The van der Waals surface area contributed by atoms with E-state index in [9.17, 15) is 19.2 Å². The summed E-state index contributed by atoms with van der Waals surface area (Å²) >= 11 is 6.54. The Hall–Kier alpha value is -5.03. The number of hydrogen-bond acceptors (Lipinski definition) is 8. The number of nitrogens with zero attached hydrogens (tertiary/aromatic N) is 1. The normalized spacial score (nSPS) is 14.0. The van der Waals surface area contributed by atoms with E-state index in [0.29, 0.717) is 34.8 Å². The van der Waals surface area contributed by atoms with Crippen molar-refractivity contribution < 1.29 is 43.2 Å². The fraction of sp³-hybridized carbons (Fsp3) is 0.250. The SMILES string of the molecule is CCCOc1ccc(CN2C(=O)NC(=O)/C(=C\c3cc(Cl)c(OCc4ccc(C(=O)O)cc4)c(OCC)c3)C2=O)cc1OC. The molecular formula is C32H31ClN2O9. The van der Waals surface area contributed by atoms with Crippen LogP contribution in [0.4, 0.5) is 4.79 Å². The highest BCUT2D eigenvalue weighted by molar-refractivity contribution is 6.33. The first kappa shape index (κ1) is 31.9. The smallest absolute Gasteiger partial charge is 0.335 e. The second-order valence-corrected chi connectivity index (χ2v) is 10.0. The molecule has 1 aliphatic rings. The maximum atomic E-state index is 13.4. The maximum Gasteiger partial charge on any atom is 0.335 e. The quantitative estimate of drug-likeness (QED) is 0.187. The third-order valence-corrected chi connectivity index (χ3v) is 6.72. The summed E-state index contributed by atoms with van der Waals surface area (Å²) < 4.78 is 22.7. The molecular weight excluding hydrogens is 592 g/mol. The van der Waals surface area contributed by atoms with E-state index in [1.165, 1.54) is 31.4 Å². The van der Waals surface area contributed by atoms with Crippen molar-refractivity contribution in [3.63, 3.8) is 0 Å². The maximum absolute atomic E-state index is 13.4. The molecule has 0 spiro atoms. The zero-order valence-electron chi connectivity index (χ0n) is 24.3. The molecule has 0 bridgehead atoms. The number of aromatic carboxylic acids is 1. The summed E-state index contributed by atoms with van der Waals surface area (Å²) in [5, 5.41) is 11.5. The second kappa shape index (κ2) is 14.4.